The molecule has 0 spiro atoms. The van der Waals surface area contributed by atoms with Crippen molar-refractivity contribution < 1.29 is 14.3 Å². The monoisotopic (exact) mass is 391 g/mol. The van der Waals surface area contributed by atoms with Gasteiger partial charge in [-0.3, -0.25) is 19.0 Å². The second-order valence-electron chi connectivity index (χ2n) is 7.08. The third-order valence-electron chi connectivity index (χ3n) is 4.60. The van der Waals surface area contributed by atoms with Gasteiger partial charge >= 0.3 is 5.97 Å². The molecule has 0 unspecified atom stereocenters. The highest BCUT2D eigenvalue weighted by Gasteiger charge is 2.22. The molecule has 1 amide bonds. The van der Waals surface area contributed by atoms with Crippen molar-refractivity contribution in [3.63, 3.8) is 0 Å². The van der Waals surface area contributed by atoms with Gasteiger partial charge < -0.3 is 10.1 Å². The minimum absolute atomic E-state index is 0.0507. The van der Waals surface area contributed by atoms with Crippen LogP contribution in [0.4, 0.5) is 0 Å². The first-order valence-corrected chi connectivity index (χ1v) is 10.2. The maximum absolute atomic E-state index is 12.9. The van der Waals surface area contributed by atoms with Crippen molar-refractivity contribution >= 4 is 33.4 Å². The number of thiophene rings is 1. The van der Waals surface area contributed by atoms with E-state index >= 15 is 0 Å². The van der Waals surface area contributed by atoms with E-state index in [0.717, 1.165) is 31.5 Å². The van der Waals surface area contributed by atoms with E-state index in [9.17, 15) is 14.4 Å². The Morgan fingerprint density at radius 3 is 2.81 bits per heavy atom. The number of carbonyl (C=O) groups excluding carboxylic acids is 2. The summed E-state index contributed by atoms with van der Waals surface area (Å²) in [6, 6.07) is 0. The van der Waals surface area contributed by atoms with E-state index in [4.69, 9.17) is 4.74 Å². The number of aromatic nitrogens is 2. The molecule has 0 aliphatic carbocycles. The first-order chi connectivity index (χ1) is 12.9. The van der Waals surface area contributed by atoms with Gasteiger partial charge in [0.25, 0.3) is 11.5 Å². The average molecular weight is 391 g/mol. The van der Waals surface area contributed by atoms with Gasteiger partial charge in [-0.1, -0.05) is 6.42 Å². The molecule has 0 radical (unpaired) electrons. The summed E-state index contributed by atoms with van der Waals surface area (Å²) < 4.78 is 6.81. The maximum Gasteiger partial charge on any atom is 0.307 e. The fourth-order valence-corrected chi connectivity index (χ4v) is 4.41. The number of ether oxygens (including phenoxy) is 1. The number of fused-ring (bicyclic) bond motifs is 2. The normalized spacial score (nSPS) is 14.1. The summed E-state index contributed by atoms with van der Waals surface area (Å²) in [4.78, 5) is 42.8. The number of esters is 1. The first-order valence-electron chi connectivity index (χ1n) is 9.39. The Kier molecular flexibility index (Phi) is 5.94. The van der Waals surface area contributed by atoms with E-state index in [1.807, 2.05) is 0 Å². The van der Waals surface area contributed by atoms with Crippen molar-refractivity contribution in [3.8, 4) is 0 Å². The molecular weight excluding hydrogens is 366 g/mol. The van der Waals surface area contributed by atoms with Gasteiger partial charge in [-0.05, 0) is 39.2 Å². The van der Waals surface area contributed by atoms with E-state index in [-0.39, 0.29) is 36.5 Å². The zero-order valence-corrected chi connectivity index (χ0v) is 16.8. The smallest absolute Gasteiger partial charge is 0.307 e. The molecule has 3 rings (SSSR count). The second kappa shape index (κ2) is 8.21. The molecule has 2 aromatic heterocycles. The number of nitrogens with zero attached hydrogens (tertiary/aromatic N) is 2. The molecule has 0 aromatic carbocycles. The molecule has 0 saturated heterocycles. The molecule has 0 saturated carbocycles. The van der Waals surface area contributed by atoms with Crippen LogP contribution in [0.2, 0.25) is 0 Å². The molecule has 146 valence electrons. The number of aryl methyl sites for hydroxylation is 2. The van der Waals surface area contributed by atoms with E-state index in [2.05, 4.69) is 10.3 Å². The highest BCUT2D eigenvalue weighted by Crippen LogP contribution is 2.28. The molecule has 0 bridgehead atoms. The Hall–Kier alpha value is -2.22. The molecule has 27 heavy (non-hydrogen) atoms. The molecule has 3 heterocycles. The van der Waals surface area contributed by atoms with Gasteiger partial charge in [0.2, 0.25) is 0 Å². The number of carbonyl (C=O) groups is 2. The minimum atomic E-state index is -0.345. The van der Waals surface area contributed by atoms with Crippen LogP contribution >= 0.6 is 11.3 Å². The Bertz CT molecular complexity index is 929. The molecule has 0 atom stereocenters. The minimum Gasteiger partial charge on any atom is -0.463 e. The van der Waals surface area contributed by atoms with Crippen LogP contribution in [0, 0.1) is 6.92 Å². The summed E-state index contributed by atoms with van der Waals surface area (Å²) >= 11 is 1.24. The quantitative estimate of drug-likeness (QED) is 0.791. The van der Waals surface area contributed by atoms with Crippen molar-refractivity contribution in [1.82, 2.24) is 14.9 Å². The van der Waals surface area contributed by atoms with Crippen molar-refractivity contribution in [1.29, 1.82) is 0 Å². The molecule has 8 heteroatoms. The van der Waals surface area contributed by atoms with Gasteiger partial charge in [-0.15, -0.1) is 11.3 Å². The molecule has 1 aliphatic rings. The zero-order chi connectivity index (χ0) is 19.6. The Morgan fingerprint density at radius 2 is 2.07 bits per heavy atom. The van der Waals surface area contributed by atoms with Crippen molar-refractivity contribution in [2.24, 2.45) is 0 Å². The highest BCUT2D eigenvalue weighted by atomic mass is 32.1. The van der Waals surface area contributed by atoms with E-state index < -0.39 is 0 Å². The van der Waals surface area contributed by atoms with Crippen LogP contribution in [0.3, 0.4) is 0 Å². The van der Waals surface area contributed by atoms with Crippen LogP contribution in [-0.4, -0.2) is 34.1 Å². The lowest BCUT2D eigenvalue weighted by molar-refractivity contribution is -0.147. The zero-order valence-electron chi connectivity index (χ0n) is 16.0. The second-order valence-corrected chi connectivity index (χ2v) is 8.08. The Morgan fingerprint density at radius 1 is 1.30 bits per heavy atom. The van der Waals surface area contributed by atoms with Crippen molar-refractivity contribution in [2.75, 3.05) is 6.54 Å². The average Bonchev–Trinajstić information content (AvgIpc) is 2.77. The largest absolute Gasteiger partial charge is 0.463 e. The van der Waals surface area contributed by atoms with E-state index in [1.54, 1.807) is 25.3 Å². The number of hydrogen-bond donors (Lipinski definition) is 1. The molecule has 7 nitrogen and oxygen atoms in total. The highest BCUT2D eigenvalue weighted by molar-refractivity contribution is 7.20. The summed E-state index contributed by atoms with van der Waals surface area (Å²) in [6.45, 7) is 6.23. The number of nitrogens with one attached hydrogen (secondary N) is 1. The summed E-state index contributed by atoms with van der Waals surface area (Å²) in [5, 5.41) is 3.27. The third kappa shape index (κ3) is 4.21. The summed E-state index contributed by atoms with van der Waals surface area (Å²) in [7, 11) is 0. The Labute approximate surface area is 161 Å². The van der Waals surface area contributed by atoms with Crippen molar-refractivity contribution in [2.45, 2.75) is 65.5 Å². The van der Waals surface area contributed by atoms with Gasteiger partial charge in [0.05, 0.1) is 22.8 Å². The molecular formula is C19H25N3O4S. The van der Waals surface area contributed by atoms with Crippen molar-refractivity contribution in [3.05, 3.63) is 26.6 Å². The lowest BCUT2D eigenvalue weighted by Crippen LogP contribution is -2.27. The van der Waals surface area contributed by atoms with Gasteiger partial charge in [0, 0.05) is 19.5 Å². The molecule has 2 aromatic rings. The van der Waals surface area contributed by atoms with Gasteiger partial charge in [0.15, 0.2) is 0 Å². The first kappa shape index (κ1) is 19.5. The lowest BCUT2D eigenvalue weighted by Gasteiger charge is -2.08. The van der Waals surface area contributed by atoms with Gasteiger partial charge in [0.1, 0.15) is 10.7 Å². The summed E-state index contributed by atoms with van der Waals surface area (Å²) in [6.07, 6.45) is 3.84. The van der Waals surface area contributed by atoms with Crippen LogP contribution < -0.4 is 10.9 Å². The van der Waals surface area contributed by atoms with Crippen LogP contribution in [-0.2, 0) is 22.5 Å². The molecule has 0 fully saturated rings. The predicted octanol–water partition coefficient (Wildman–Crippen LogP) is 2.56. The fourth-order valence-electron chi connectivity index (χ4n) is 3.31. The topological polar surface area (TPSA) is 90.3 Å². The SMILES string of the molecule is Cc1c(C(=O)NCCC(=O)OC(C)C)sc2nc3n(c(=O)c12)CCCCC3. The fraction of sp³-hybridized carbons (Fsp3) is 0.579. The van der Waals surface area contributed by atoms with E-state index in [0.29, 0.717) is 27.2 Å². The van der Waals surface area contributed by atoms with E-state index in [1.165, 1.54) is 11.3 Å². The van der Waals surface area contributed by atoms with Crippen LogP contribution in [0.1, 0.15) is 60.6 Å². The predicted molar refractivity (Wildman–Crippen MR) is 104 cm³/mol. The van der Waals surface area contributed by atoms with Crippen LogP contribution in [0.15, 0.2) is 4.79 Å². The molecule has 1 N–H and O–H groups in total. The van der Waals surface area contributed by atoms with Crippen LogP contribution in [0.25, 0.3) is 10.2 Å². The van der Waals surface area contributed by atoms with Crippen LogP contribution in [0.5, 0.6) is 0 Å². The maximum atomic E-state index is 12.9. The van der Waals surface area contributed by atoms with Gasteiger partial charge in [-0.25, -0.2) is 4.98 Å². The third-order valence-corrected chi connectivity index (χ3v) is 5.78. The number of hydrogen-bond acceptors (Lipinski definition) is 6. The summed E-state index contributed by atoms with van der Waals surface area (Å²) in [5.74, 6) is 0.184. The standard InChI is InChI=1S/C19H25N3O4S/c1-11(2)26-14(23)8-9-20-17(24)16-12(3)15-18(27-16)21-13-7-5-4-6-10-22(13)19(15)25/h11H,4-10H2,1-3H3,(H,20,24). The number of amides is 1. The Balaban J connectivity index is 1.80. The van der Waals surface area contributed by atoms with Gasteiger partial charge in [-0.2, -0.15) is 0 Å². The molecule has 1 aliphatic heterocycles. The summed E-state index contributed by atoms with van der Waals surface area (Å²) in [5.41, 5.74) is 0.611. The number of rotatable bonds is 5. The lowest BCUT2D eigenvalue weighted by atomic mass is 10.2.